The average Bonchev–Trinajstić information content (AvgIpc) is 2.99. The molecule has 0 amide bonds. The van der Waals surface area contributed by atoms with Gasteiger partial charge in [0.15, 0.2) is 0 Å². The Labute approximate surface area is 87.8 Å². The standard InChI is InChI=1S/C10H7F5O/c11-9(12,10(13,14)15)7-3-1-6(2-4-7)8-5-16-8/h1-4,8H,5H2/t8-/m0/s1. The summed E-state index contributed by atoms with van der Waals surface area (Å²) in [5.41, 5.74) is -0.439. The van der Waals surface area contributed by atoms with Crippen molar-refractivity contribution in [1.82, 2.24) is 0 Å². The first-order chi connectivity index (χ1) is 7.32. The molecule has 0 unspecified atom stereocenters. The molecule has 1 atom stereocenters. The van der Waals surface area contributed by atoms with Crippen LogP contribution in [0.15, 0.2) is 24.3 Å². The van der Waals surface area contributed by atoms with Crippen molar-refractivity contribution in [3.8, 4) is 0 Å². The summed E-state index contributed by atoms with van der Waals surface area (Å²) in [6.45, 7) is 0.481. The highest BCUT2D eigenvalue weighted by atomic mass is 19.4. The third-order valence-corrected chi connectivity index (χ3v) is 2.33. The van der Waals surface area contributed by atoms with Gasteiger partial charge in [-0.2, -0.15) is 22.0 Å². The number of hydrogen-bond donors (Lipinski definition) is 0. The maximum atomic E-state index is 12.9. The fourth-order valence-corrected chi connectivity index (χ4v) is 1.31. The van der Waals surface area contributed by atoms with Crippen LogP contribution in [0.5, 0.6) is 0 Å². The van der Waals surface area contributed by atoms with Crippen molar-refractivity contribution in [3.05, 3.63) is 35.4 Å². The van der Waals surface area contributed by atoms with Gasteiger partial charge in [-0.25, -0.2) is 0 Å². The second kappa shape index (κ2) is 3.41. The molecule has 88 valence electrons. The monoisotopic (exact) mass is 238 g/mol. The molecule has 1 aliphatic rings. The number of benzene rings is 1. The van der Waals surface area contributed by atoms with Crippen LogP contribution in [0.2, 0.25) is 0 Å². The van der Waals surface area contributed by atoms with Crippen LogP contribution in [0.25, 0.3) is 0 Å². The Morgan fingerprint density at radius 3 is 1.88 bits per heavy atom. The summed E-state index contributed by atoms with van der Waals surface area (Å²) in [4.78, 5) is 0. The minimum absolute atomic E-state index is 0.159. The first-order valence-electron chi connectivity index (χ1n) is 4.49. The summed E-state index contributed by atoms with van der Waals surface area (Å²) in [6, 6.07) is 4.02. The van der Waals surface area contributed by atoms with E-state index in [2.05, 4.69) is 0 Å². The topological polar surface area (TPSA) is 12.5 Å². The summed E-state index contributed by atoms with van der Waals surface area (Å²) in [6.07, 6.45) is -5.72. The SMILES string of the molecule is FC(F)(F)C(F)(F)c1ccc([C@@H]2CO2)cc1. The molecule has 16 heavy (non-hydrogen) atoms. The number of alkyl halides is 5. The van der Waals surface area contributed by atoms with Gasteiger partial charge in [0, 0.05) is 5.56 Å². The average molecular weight is 238 g/mol. The van der Waals surface area contributed by atoms with Crippen LogP contribution in [0.3, 0.4) is 0 Å². The maximum absolute atomic E-state index is 12.9. The molecule has 0 aromatic heterocycles. The predicted octanol–water partition coefficient (Wildman–Crippen LogP) is 3.41. The van der Waals surface area contributed by atoms with Crippen molar-refractivity contribution in [2.24, 2.45) is 0 Å². The van der Waals surface area contributed by atoms with E-state index < -0.39 is 17.7 Å². The first-order valence-corrected chi connectivity index (χ1v) is 4.49. The molecule has 1 fully saturated rings. The van der Waals surface area contributed by atoms with Gasteiger partial charge in [-0.15, -0.1) is 0 Å². The van der Waals surface area contributed by atoms with Gasteiger partial charge in [0.25, 0.3) is 0 Å². The summed E-state index contributed by atoms with van der Waals surface area (Å²) in [5.74, 6) is -4.81. The number of hydrogen-bond acceptors (Lipinski definition) is 1. The molecule has 0 bridgehead atoms. The molecule has 0 spiro atoms. The molecule has 0 saturated carbocycles. The lowest BCUT2D eigenvalue weighted by atomic mass is 10.0. The smallest absolute Gasteiger partial charge is 0.368 e. The molecule has 0 radical (unpaired) electrons. The highest BCUT2D eigenvalue weighted by molar-refractivity contribution is 5.29. The number of rotatable bonds is 2. The lowest BCUT2D eigenvalue weighted by Crippen LogP contribution is -2.33. The van der Waals surface area contributed by atoms with E-state index in [1.54, 1.807) is 0 Å². The van der Waals surface area contributed by atoms with Crippen LogP contribution in [0, 0.1) is 0 Å². The fourth-order valence-electron chi connectivity index (χ4n) is 1.31. The van der Waals surface area contributed by atoms with Crippen LogP contribution in [-0.2, 0) is 10.7 Å². The highest BCUT2D eigenvalue weighted by Crippen LogP contribution is 2.44. The molecular weight excluding hydrogens is 231 g/mol. The molecule has 1 aromatic carbocycles. The van der Waals surface area contributed by atoms with Gasteiger partial charge in [-0.1, -0.05) is 24.3 Å². The molecular formula is C10H7F5O. The van der Waals surface area contributed by atoms with Gasteiger partial charge in [-0.3, -0.25) is 0 Å². The Bertz CT molecular complexity index is 377. The van der Waals surface area contributed by atoms with E-state index in [4.69, 9.17) is 4.74 Å². The molecule has 2 rings (SSSR count). The summed E-state index contributed by atoms with van der Waals surface area (Å²) < 4.78 is 66.6. The zero-order valence-electron chi connectivity index (χ0n) is 7.89. The van der Waals surface area contributed by atoms with Crippen molar-refractivity contribution >= 4 is 0 Å². The minimum atomic E-state index is -5.56. The Kier molecular flexibility index (Phi) is 2.41. The van der Waals surface area contributed by atoms with Crippen molar-refractivity contribution < 1.29 is 26.7 Å². The van der Waals surface area contributed by atoms with E-state index in [1.165, 1.54) is 12.1 Å². The molecule has 1 heterocycles. The van der Waals surface area contributed by atoms with E-state index in [0.717, 1.165) is 12.1 Å². The molecule has 0 N–H and O–H groups in total. The second-order valence-electron chi connectivity index (χ2n) is 3.52. The van der Waals surface area contributed by atoms with Crippen LogP contribution >= 0.6 is 0 Å². The molecule has 1 aromatic rings. The lowest BCUT2D eigenvalue weighted by Gasteiger charge is -2.19. The zero-order chi connectivity index (χ0) is 12.0. The van der Waals surface area contributed by atoms with Crippen LogP contribution < -0.4 is 0 Å². The molecule has 1 aliphatic heterocycles. The normalized spacial score (nSPS) is 20.9. The van der Waals surface area contributed by atoms with Crippen molar-refractivity contribution in [2.75, 3.05) is 6.61 Å². The molecule has 1 nitrogen and oxygen atoms in total. The lowest BCUT2D eigenvalue weighted by molar-refractivity contribution is -0.289. The summed E-state index contributed by atoms with van der Waals surface area (Å²) in [7, 11) is 0. The van der Waals surface area contributed by atoms with Crippen molar-refractivity contribution in [1.29, 1.82) is 0 Å². The quantitative estimate of drug-likeness (QED) is 0.568. The second-order valence-corrected chi connectivity index (χ2v) is 3.52. The zero-order valence-corrected chi connectivity index (χ0v) is 7.89. The third kappa shape index (κ3) is 1.89. The van der Waals surface area contributed by atoms with Gasteiger partial charge in [0.05, 0.1) is 6.61 Å². The predicted molar refractivity (Wildman–Crippen MR) is 45.1 cm³/mol. The molecule has 6 heteroatoms. The van der Waals surface area contributed by atoms with Gasteiger partial charge in [-0.05, 0) is 5.56 Å². The number of halogens is 5. The van der Waals surface area contributed by atoms with Gasteiger partial charge in [0.1, 0.15) is 6.10 Å². The highest BCUT2D eigenvalue weighted by Gasteiger charge is 2.58. The van der Waals surface area contributed by atoms with Gasteiger partial charge in [0.2, 0.25) is 0 Å². The largest absolute Gasteiger partial charge is 0.458 e. The van der Waals surface area contributed by atoms with Crippen LogP contribution in [0.1, 0.15) is 17.2 Å². The Balaban J connectivity index is 2.26. The van der Waals surface area contributed by atoms with Crippen LogP contribution in [0.4, 0.5) is 22.0 Å². The fraction of sp³-hybridized carbons (Fsp3) is 0.400. The van der Waals surface area contributed by atoms with Crippen LogP contribution in [-0.4, -0.2) is 12.8 Å². The van der Waals surface area contributed by atoms with Gasteiger partial charge < -0.3 is 4.74 Å². The maximum Gasteiger partial charge on any atom is 0.458 e. The number of ether oxygens (including phenoxy) is 1. The van der Waals surface area contributed by atoms with E-state index in [0.29, 0.717) is 12.2 Å². The van der Waals surface area contributed by atoms with Crippen molar-refractivity contribution in [3.63, 3.8) is 0 Å². The Hall–Kier alpha value is -1.17. The van der Waals surface area contributed by atoms with Crippen molar-refractivity contribution in [2.45, 2.75) is 18.2 Å². The van der Waals surface area contributed by atoms with E-state index >= 15 is 0 Å². The summed E-state index contributed by atoms with van der Waals surface area (Å²) >= 11 is 0. The van der Waals surface area contributed by atoms with E-state index in [1.807, 2.05) is 0 Å². The Morgan fingerprint density at radius 2 is 1.50 bits per heavy atom. The van der Waals surface area contributed by atoms with E-state index in [-0.39, 0.29) is 6.10 Å². The Morgan fingerprint density at radius 1 is 1.00 bits per heavy atom. The minimum Gasteiger partial charge on any atom is -0.368 e. The first kappa shape index (κ1) is 11.3. The molecule has 0 aliphatic carbocycles. The summed E-state index contributed by atoms with van der Waals surface area (Å²) in [5, 5.41) is 0. The number of epoxide rings is 1. The van der Waals surface area contributed by atoms with Gasteiger partial charge >= 0.3 is 12.1 Å². The third-order valence-electron chi connectivity index (χ3n) is 2.33. The van der Waals surface area contributed by atoms with E-state index in [9.17, 15) is 22.0 Å². The molecule has 1 saturated heterocycles.